The first kappa shape index (κ1) is 29.0. The molecule has 0 amide bonds. The van der Waals surface area contributed by atoms with E-state index in [1.807, 2.05) is 18.2 Å². The highest BCUT2D eigenvalue weighted by Crippen LogP contribution is 2.50. The van der Waals surface area contributed by atoms with Gasteiger partial charge in [0.15, 0.2) is 11.2 Å². The Kier molecular flexibility index (Phi) is 5.60. The van der Waals surface area contributed by atoms with E-state index in [1.165, 1.54) is 71.3 Å². The fraction of sp³-hybridized carbons (Fsp3) is 0.0588. The fourth-order valence-corrected chi connectivity index (χ4v) is 9.40. The number of fused-ring (bicyclic) bond motifs is 16. The molecule has 0 aliphatic heterocycles. The molecule has 0 saturated carbocycles. The Hall–Kier alpha value is -6.64. The Labute approximate surface area is 305 Å². The summed E-state index contributed by atoms with van der Waals surface area (Å²) in [6.45, 7) is 4.70. The molecule has 11 aromatic rings. The van der Waals surface area contributed by atoms with Crippen LogP contribution >= 0.6 is 0 Å². The monoisotopic (exact) mass is 676 g/mol. The van der Waals surface area contributed by atoms with Gasteiger partial charge in [-0.3, -0.25) is 0 Å². The number of hydrogen-bond acceptors (Lipinski definition) is 2. The highest BCUT2D eigenvalue weighted by molar-refractivity contribution is 6.26. The summed E-state index contributed by atoms with van der Waals surface area (Å²) in [5, 5.41) is 12.0. The topological polar surface area (TPSA) is 26.3 Å². The van der Waals surface area contributed by atoms with Crippen molar-refractivity contribution in [1.82, 2.24) is 0 Å². The Morgan fingerprint density at radius 1 is 0.321 bits per heavy atom. The minimum Gasteiger partial charge on any atom is -0.452 e. The Bertz CT molecular complexity index is 3350. The number of furan rings is 2. The molecular formula is C51H32O2. The largest absolute Gasteiger partial charge is 0.452 e. The fourth-order valence-electron chi connectivity index (χ4n) is 9.40. The van der Waals surface area contributed by atoms with Crippen molar-refractivity contribution in [2.24, 2.45) is 0 Å². The SMILES string of the molecule is CC1(C)c2ccccc2-c2ccc(-c3ccc4c5ccc(-c6ccc7oc8c(ccc9c%10ccccc%10oc98)c7c6)cc5c5ccccc5c4c3)cc21. The number of hydrogen-bond donors (Lipinski definition) is 0. The summed E-state index contributed by atoms with van der Waals surface area (Å²) in [6, 6.07) is 57.8. The number of rotatable bonds is 2. The van der Waals surface area contributed by atoms with Gasteiger partial charge in [0.25, 0.3) is 0 Å². The van der Waals surface area contributed by atoms with E-state index in [4.69, 9.17) is 8.83 Å². The minimum absolute atomic E-state index is 0.0321. The van der Waals surface area contributed by atoms with Crippen LogP contribution in [-0.4, -0.2) is 0 Å². The number of para-hydroxylation sites is 1. The summed E-state index contributed by atoms with van der Waals surface area (Å²) in [6.07, 6.45) is 0. The molecule has 0 spiro atoms. The zero-order chi connectivity index (χ0) is 35.0. The van der Waals surface area contributed by atoms with Gasteiger partial charge < -0.3 is 8.83 Å². The zero-order valence-electron chi connectivity index (χ0n) is 29.3. The van der Waals surface area contributed by atoms with E-state index < -0.39 is 0 Å². The van der Waals surface area contributed by atoms with Gasteiger partial charge in [0.2, 0.25) is 0 Å². The van der Waals surface area contributed by atoms with Crippen molar-refractivity contribution >= 4 is 76.2 Å². The lowest BCUT2D eigenvalue weighted by Gasteiger charge is -2.22. The Morgan fingerprint density at radius 2 is 0.774 bits per heavy atom. The molecule has 0 bridgehead atoms. The average molecular weight is 677 g/mol. The van der Waals surface area contributed by atoms with Crippen molar-refractivity contribution in [3.8, 4) is 33.4 Å². The van der Waals surface area contributed by atoms with Crippen LogP contribution in [0, 0.1) is 0 Å². The molecule has 12 rings (SSSR count). The highest BCUT2D eigenvalue weighted by atomic mass is 16.4. The predicted molar refractivity (Wildman–Crippen MR) is 222 cm³/mol. The smallest absolute Gasteiger partial charge is 0.178 e. The normalized spacial score (nSPS) is 13.6. The van der Waals surface area contributed by atoms with Gasteiger partial charge in [-0.2, -0.15) is 0 Å². The van der Waals surface area contributed by atoms with E-state index in [0.29, 0.717) is 0 Å². The van der Waals surface area contributed by atoms with Crippen LogP contribution in [0.3, 0.4) is 0 Å². The maximum absolute atomic E-state index is 6.46. The van der Waals surface area contributed by atoms with Crippen molar-refractivity contribution in [3.63, 3.8) is 0 Å². The van der Waals surface area contributed by atoms with Gasteiger partial charge in [0.05, 0.1) is 0 Å². The molecule has 2 heterocycles. The van der Waals surface area contributed by atoms with Crippen molar-refractivity contribution in [1.29, 1.82) is 0 Å². The van der Waals surface area contributed by atoms with Crippen molar-refractivity contribution in [2.45, 2.75) is 19.3 Å². The van der Waals surface area contributed by atoms with Crippen LogP contribution in [0.2, 0.25) is 0 Å². The average Bonchev–Trinajstić information content (AvgIpc) is 3.85. The molecule has 9 aromatic carbocycles. The molecule has 2 aromatic heterocycles. The second-order valence-corrected chi connectivity index (χ2v) is 15.2. The van der Waals surface area contributed by atoms with Crippen LogP contribution in [0.15, 0.2) is 167 Å². The van der Waals surface area contributed by atoms with Crippen molar-refractivity contribution < 1.29 is 8.83 Å². The van der Waals surface area contributed by atoms with Gasteiger partial charge in [-0.1, -0.05) is 123 Å². The van der Waals surface area contributed by atoms with Crippen molar-refractivity contribution in [2.75, 3.05) is 0 Å². The first-order valence-electron chi connectivity index (χ1n) is 18.4. The minimum atomic E-state index is -0.0321. The summed E-state index contributed by atoms with van der Waals surface area (Å²) in [5.41, 5.74) is 13.7. The summed E-state index contributed by atoms with van der Waals surface area (Å²) >= 11 is 0. The Morgan fingerprint density at radius 3 is 1.47 bits per heavy atom. The molecule has 0 atom stereocenters. The molecule has 2 nitrogen and oxygen atoms in total. The maximum atomic E-state index is 6.46. The standard InChI is InChI=1S/C51H32O2/c1-51(2)45-13-7-5-11-37(45)38-21-17-32(28-46(38)51)30-16-20-36-35-19-15-29(25-42(35)33-9-3-4-10-34(33)43(36)26-30)31-18-24-48-44(27-31)41-23-22-40-39-12-6-8-14-47(39)52-49(40)50(41)53-48/h3-28H,1-2H3. The van der Waals surface area contributed by atoms with Crippen LogP contribution in [0.5, 0.6) is 0 Å². The molecule has 1 aliphatic carbocycles. The van der Waals surface area contributed by atoms with Crippen LogP contribution in [0.4, 0.5) is 0 Å². The molecule has 0 unspecified atom stereocenters. The molecule has 0 fully saturated rings. The molecule has 1 aliphatic rings. The van der Waals surface area contributed by atoms with Gasteiger partial charge in [-0.05, 0) is 125 Å². The van der Waals surface area contributed by atoms with Gasteiger partial charge in [-0.15, -0.1) is 0 Å². The lowest BCUT2D eigenvalue weighted by atomic mass is 9.81. The molecule has 2 heteroatoms. The molecule has 53 heavy (non-hydrogen) atoms. The van der Waals surface area contributed by atoms with E-state index >= 15 is 0 Å². The maximum Gasteiger partial charge on any atom is 0.178 e. The van der Waals surface area contributed by atoms with Gasteiger partial charge in [-0.25, -0.2) is 0 Å². The lowest BCUT2D eigenvalue weighted by molar-refractivity contribution is 0.633. The first-order chi connectivity index (χ1) is 26.0. The number of benzene rings is 9. The molecular weight excluding hydrogens is 645 g/mol. The van der Waals surface area contributed by atoms with E-state index in [2.05, 4.69) is 153 Å². The summed E-state index contributed by atoms with van der Waals surface area (Å²) in [4.78, 5) is 0. The van der Waals surface area contributed by atoms with E-state index in [9.17, 15) is 0 Å². The van der Waals surface area contributed by atoms with Crippen molar-refractivity contribution in [3.05, 3.63) is 169 Å². The molecule has 0 radical (unpaired) electrons. The van der Waals surface area contributed by atoms with Gasteiger partial charge in [0.1, 0.15) is 11.2 Å². The second kappa shape index (κ2) is 10.2. The quantitative estimate of drug-likeness (QED) is 0.170. The van der Waals surface area contributed by atoms with Gasteiger partial charge in [0, 0.05) is 27.0 Å². The van der Waals surface area contributed by atoms with Crippen LogP contribution < -0.4 is 0 Å². The lowest BCUT2D eigenvalue weighted by Crippen LogP contribution is -2.14. The van der Waals surface area contributed by atoms with E-state index in [1.54, 1.807) is 0 Å². The third kappa shape index (κ3) is 3.93. The van der Waals surface area contributed by atoms with Gasteiger partial charge >= 0.3 is 0 Å². The molecule has 0 saturated heterocycles. The first-order valence-corrected chi connectivity index (χ1v) is 18.4. The predicted octanol–water partition coefficient (Wildman–Crippen LogP) is 14.6. The zero-order valence-corrected chi connectivity index (χ0v) is 29.3. The van der Waals surface area contributed by atoms with E-state index in [-0.39, 0.29) is 5.41 Å². The Balaban J connectivity index is 1.00. The summed E-state index contributed by atoms with van der Waals surface area (Å²) < 4.78 is 12.8. The van der Waals surface area contributed by atoms with Crippen LogP contribution in [-0.2, 0) is 5.41 Å². The highest BCUT2D eigenvalue weighted by Gasteiger charge is 2.35. The second-order valence-electron chi connectivity index (χ2n) is 15.2. The van der Waals surface area contributed by atoms with Crippen LogP contribution in [0.25, 0.3) is 110 Å². The summed E-state index contributed by atoms with van der Waals surface area (Å²) in [7, 11) is 0. The third-order valence-corrected chi connectivity index (χ3v) is 12.1. The third-order valence-electron chi connectivity index (χ3n) is 12.1. The molecule has 248 valence electrons. The summed E-state index contributed by atoms with van der Waals surface area (Å²) in [5.74, 6) is 0. The molecule has 0 N–H and O–H groups in total. The van der Waals surface area contributed by atoms with Crippen LogP contribution in [0.1, 0.15) is 25.0 Å². The van der Waals surface area contributed by atoms with E-state index in [0.717, 1.165) is 49.4 Å².